The van der Waals surface area contributed by atoms with Crippen LogP contribution < -0.4 is 15.5 Å². The van der Waals surface area contributed by atoms with Crippen LogP contribution in [0.3, 0.4) is 0 Å². The molecule has 0 fully saturated rings. The molecule has 0 aliphatic heterocycles. The Balaban J connectivity index is 2.36. The summed E-state index contributed by atoms with van der Waals surface area (Å²) in [5.74, 6) is 0.298. The smallest absolute Gasteiger partial charge is 0.319 e. The molecule has 0 heterocycles. The molecule has 2 aromatic carbocycles. The summed E-state index contributed by atoms with van der Waals surface area (Å²) in [6.45, 7) is 11.3. The van der Waals surface area contributed by atoms with Gasteiger partial charge in [0.1, 0.15) is 0 Å². The molecule has 180 valence electrons. The summed E-state index contributed by atoms with van der Waals surface area (Å²) in [7, 11) is 3.98. The van der Waals surface area contributed by atoms with Gasteiger partial charge in [0.05, 0.1) is 5.92 Å². The third kappa shape index (κ3) is 7.81. The highest BCUT2D eigenvalue weighted by atomic mass is 16.2. The standard InChI is InChI=1S/C27H40N4O2/c1-8-24(21-12-10-9-11-13-21)26(32)31(17-19(2)3)18-22-16-23(14-15-25(22)30(6)7)29-27(33)28-20(4)5/h9-16,19-20,24H,8,17-18H2,1-7H3,(H2,28,29,33)/t24-/m1/s1. The number of hydrogen-bond donors (Lipinski definition) is 2. The molecule has 0 aliphatic rings. The number of carbonyl (C=O) groups excluding carboxylic acids is 2. The van der Waals surface area contributed by atoms with E-state index in [9.17, 15) is 9.59 Å². The molecule has 0 aromatic heterocycles. The average Bonchev–Trinajstić information content (AvgIpc) is 2.73. The molecule has 0 unspecified atom stereocenters. The zero-order chi connectivity index (χ0) is 24.5. The van der Waals surface area contributed by atoms with Crippen molar-refractivity contribution in [1.82, 2.24) is 10.2 Å². The van der Waals surface area contributed by atoms with Gasteiger partial charge in [0.2, 0.25) is 5.91 Å². The van der Waals surface area contributed by atoms with E-state index in [4.69, 9.17) is 0 Å². The van der Waals surface area contributed by atoms with Crippen LogP contribution in [0.4, 0.5) is 16.2 Å². The number of hydrogen-bond acceptors (Lipinski definition) is 3. The van der Waals surface area contributed by atoms with Crippen molar-refractivity contribution in [2.75, 3.05) is 30.9 Å². The molecule has 3 amide bonds. The van der Waals surface area contributed by atoms with Gasteiger partial charge < -0.3 is 20.4 Å². The predicted octanol–water partition coefficient (Wildman–Crippen LogP) is 5.46. The molecule has 6 heteroatoms. The van der Waals surface area contributed by atoms with Crippen LogP contribution in [-0.2, 0) is 11.3 Å². The lowest BCUT2D eigenvalue weighted by Crippen LogP contribution is -2.37. The fourth-order valence-electron chi connectivity index (χ4n) is 3.99. The number of nitrogens with zero attached hydrogens (tertiary/aromatic N) is 2. The molecule has 33 heavy (non-hydrogen) atoms. The largest absolute Gasteiger partial charge is 0.377 e. The average molecular weight is 453 g/mol. The Hall–Kier alpha value is -3.02. The highest BCUT2D eigenvalue weighted by molar-refractivity contribution is 5.90. The lowest BCUT2D eigenvalue weighted by Gasteiger charge is -2.30. The van der Waals surface area contributed by atoms with Gasteiger partial charge in [-0.3, -0.25) is 4.79 Å². The third-order valence-electron chi connectivity index (χ3n) is 5.41. The maximum absolute atomic E-state index is 13.7. The second kappa shape index (κ2) is 12.3. The monoisotopic (exact) mass is 452 g/mol. The molecule has 2 N–H and O–H groups in total. The lowest BCUT2D eigenvalue weighted by atomic mass is 9.94. The van der Waals surface area contributed by atoms with Crippen molar-refractivity contribution in [2.24, 2.45) is 5.92 Å². The Morgan fingerprint density at radius 1 is 0.970 bits per heavy atom. The van der Waals surface area contributed by atoms with Gasteiger partial charge in [-0.05, 0) is 55.5 Å². The second-order valence-corrected chi connectivity index (χ2v) is 9.48. The molecule has 2 rings (SSSR count). The third-order valence-corrected chi connectivity index (χ3v) is 5.41. The molecule has 0 saturated heterocycles. The van der Waals surface area contributed by atoms with Crippen molar-refractivity contribution < 1.29 is 9.59 Å². The number of anilines is 2. The van der Waals surface area contributed by atoms with Crippen molar-refractivity contribution in [1.29, 1.82) is 0 Å². The summed E-state index contributed by atoms with van der Waals surface area (Å²) in [6.07, 6.45) is 0.745. The van der Waals surface area contributed by atoms with Crippen LogP contribution in [0.1, 0.15) is 58.1 Å². The van der Waals surface area contributed by atoms with Crippen molar-refractivity contribution in [2.45, 2.75) is 59.5 Å². The van der Waals surface area contributed by atoms with E-state index >= 15 is 0 Å². The van der Waals surface area contributed by atoms with E-state index in [0.29, 0.717) is 24.7 Å². The molecule has 0 bridgehead atoms. The minimum Gasteiger partial charge on any atom is -0.377 e. The number of benzene rings is 2. The van der Waals surface area contributed by atoms with Gasteiger partial charge in [-0.25, -0.2) is 4.79 Å². The van der Waals surface area contributed by atoms with Gasteiger partial charge in [0.25, 0.3) is 0 Å². The first kappa shape index (κ1) is 26.2. The van der Waals surface area contributed by atoms with Gasteiger partial charge in [0.15, 0.2) is 0 Å². The predicted molar refractivity (Wildman–Crippen MR) is 138 cm³/mol. The summed E-state index contributed by atoms with van der Waals surface area (Å²) in [5.41, 5.74) is 3.78. The summed E-state index contributed by atoms with van der Waals surface area (Å²) in [5, 5.41) is 5.76. The summed E-state index contributed by atoms with van der Waals surface area (Å²) >= 11 is 0. The molecule has 1 atom stereocenters. The van der Waals surface area contributed by atoms with E-state index in [1.54, 1.807) is 0 Å². The number of amides is 3. The van der Waals surface area contributed by atoms with Crippen LogP contribution in [0.5, 0.6) is 0 Å². The molecule has 6 nitrogen and oxygen atoms in total. The van der Waals surface area contributed by atoms with Crippen LogP contribution in [0.25, 0.3) is 0 Å². The second-order valence-electron chi connectivity index (χ2n) is 9.48. The fraction of sp³-hybridized carbons (Fsp3) is 0.481. The van der Waals surface area contributed by atoms with Crippen LogP contribution in [-0.4, -0.2) is 43.5 Å². The van der Waals surface area contributed by atoms with Gasteiger partial charge in [0, 0.05) is 44.6 Å². The quantitative estimate of drug-likeness (QED) is 0.503. The van der Waals surface area contributed by atoms with E-state index in [-0.39, 0.29) is 23.9 Å². The van der Waals surface area contributed by atoms with Crippen LogP contribution >= 0.6 is 0 Å². The maximum Gasteiger partial charge on any atom is 0.319 e. The van der Waals surface area contributed by atoms with Crippen molar-refractivity contribution in [3.8, 4) is 0 Å². The number of carbonyl (C=O) groups is 2. The molecule has 0 aliphatic carbocycles. The normalized spacial score (nSPS) is 11.9. The van der Waals surface area contributed by atoms with E-state index in [1.165, 1.54) is 0 Å². The topological polar surface area (TPSA) is 64.7 Å². The van der Waals surface area contributed by atoms with E-state index < -0.39 is 0 Å². The summed E-state index contributed by atoms with van der Waals surface area (Å²) in [4.78, 5) is 29.9. The zero-order valence-electron chi connectivity index (χ0n) is 21.2. The number of nitrogens with one attached hydrogen (secondary N) is 2. The van der Waals surface area contributed by atoms with Crippen molar-refractivity contribution >= 4 is 23.3 Å². The van der Waals surface area contributed by atoms with Crippen molar-refractivity contribution in [3.63, 3.8) is 0 Å². The van der Waals surface area contributed by atoms with Crippen molar-refractivity contribution in [3.05, 3.63) is 59.7 Å². The first-order chi connectivity index (χ1) is 15.6. The minimum atomic E-state index is -0.237. The van der Waals surface area contributed by atoms with Gasteiger partial charge >= 0.3 is 6.03 Å². The first-order valence-corrected chi connectivity index (χ1v) is 11.8. The SMILES string of the molecule is CC[C@@H](C(=O)N(Cc1cc(NC(=O)NC(C)C)ccc1N(C)C)CC(C)C)c1ccccc1. The Bertz CT molecular complexity index is 910. The maximum atomic E-state index is 13.7. The summed E-state index contributed by atoms with van der Waals surface area (Å²) < 4.78 is 0. The number of rotatable bonds is 10. The van der Waals surface area contributed by atoms with E-state index in [1.807, 2.05) is 86.3 Å². The molecular weight excluding hydrogens is 412 g/mol. The van der Waals surface area contributed by atoms with E-state index in [2.05, 4.69) is 31.4 Å². The Labute approximate surface area is 199 Å². The Morgan fingerprint density at radius 2 is 1.64 bits per heavy atom. The van der Waals surface area contributed by atoms with E-state index in [0.717, 1.165) is 23.2 Å². The highest BCUT2D eigenvalue weighted by Crippen LogP contribution is 2.28. The molecule has 0 spiro atoms. The highest BCUT2D eigenvalue weighted by Gasteiger charge is 2.26. The van der Waals surface area contributed by atoms with Crippen LogP contribution in [0, 0.1) is 5.92 Å². The van der Waals surface area contributed by atoms with Crippen LogP contribution in [0.15, 0.2) is 48.5 Å². The fourth-order valence-corrected chi connectivity index (χ4v) is 3.99. The minimum absolute atomic E-state index is 0.0497. The van der Waals surface area contributed by atoms with Gasteiger partial charge in [-0.1, -0.05) is 51.1 Å². The molecule has 2 aromatic rings. The van der Waals surface area contributed by atoms with Gasteiger partial charge in [-0.2, -0.15) is 0 Å². The van der Waals surface area contributed by atoms with Gasteiger partial charge in [-0.15, -0.1) is 0 Å². The summed E-state index contributed by atoms with van der Waals surface area (Å²) in [6, 6.07) is 15.7. The molecule has 0 radical (unpaired) electrons. The number of urea groups is 1. The Morgan fingerprint density at radius 3 is 2.18 bits per heavy atom. The zero-order valence-corrected chi connectivity index (χ0v) is 21.2. The van der Waals surface area contributed by atoms with Crippen LogP contribution in [0.2, 0.25) is 0 Å². The first-order valence-electron chi connectivity index (χ1n) is 11.8. The molecular formula is C27H40N4O2. The Kier molecular flexibility index (Phi) is 9.76. The lowest BCUT2D eigenvalue weighted by molar-refractivity contribution is -0.134. The molecule has 0 saturated carbocycles.